The minimum absolute atomic E-state index is 0.476. The van der Waals surface area contributed by atoms with Crippen molar-refractivity contribution in [2.45, 2.75) is 19.4 Å². The highest BCUT2D eigenvalue weighted by atomic mass is 16.5. The summed E-state index contributed by atoms with van der Waals surface area (Å²) in [5.74, 6) is 0.106. The van der Waals surface area contributed by atoms with Crippen LogP contribution in [0.2, 0.25) is 0 Å². The van der Waals surface area contributed by atoms with Crippen LogP contribution in [0.1, 0.15) is 27.8 Å². The van der Waals surface area contributed by atoms with Crippen LogP contribution in [0, 0.1) is 13.8 Å². The van der Waals surface area contributed by atoms with Gasteiger partial charge in [0.1, 0.15) is 5.75 Å². The van der Waals surface area contributed by atoms with Gasteiger partial charge in [0.15, 0.2) is 5.60 Å². The fourth-order valence-electron chi connectivity index (χ4n) is 2.95. The predicted octanol–water partition coefficient (Wildman–Crippen LogP) is 3.70. The number of carbonyl (C=O) groups is 1. The first kappa shape index (κ1) is 20.3. The molecule has 2 N–H and O–H groups in total. The van der Waals surface area contributed by atoms with Crippen molar-refractivity contribution in [3.8, 4) is 5.75 Å². The second-order valence-corrected chi connectivity index (χ2v) is 6.91. The fraction of sp³-hybridized carbons (Fsp3) is 0.167. The number of methoxy groups -OCH3 is 1. The van der Waals surface area contributed by atoms with Crippen LogP contribution in [0.15, 0.2) is 77.9 Å². The normalized spacial score (nSPS) is 11.4. The zero-order valence-corrected chi connectivity index (χ0v) is 16.7. The molecular formula is C24H24N2O3. The number of carbonyl (C=O) groups excluding carboxylic acids is 1. The third kappa shape index (κ3) is 4.52. The lowest BCUT2D eigenvalue weighted by atomic mass is 9.85. The molecule has 5 nitrogen and oxygen atoms in total. The van der Waals surface area contributed by atoms with Gasteiger partial charge < -0.3 is 9.84 Å². The minimum Gasteiger partial charge on any atom is -0.497 e. The van der Waals surface area contributed by atoms with Crippen LogP contribution in [-0.2, 0) is 10.4 Å². The number of aryl methyl sites for hydroxylation is 2. The van der Waals surface area contributed by atoms with Crippen molar-refractivity contribution >= 4 is 12.1 Å². The Bertz CT molecular complexity index is 946. The Hall–Kier alpha value is -3.44. The molecule has 5 heteroatoms. The van der Waals surface area contributed by atoms with Crippen LogP contribution in [0.4, 0.5) is 0 Å². The van der Waals surface area contributed by atoms with E-state index in [1.807, 2.05) is 50.2 Å². The molecule has 0 radical (unpaired) electrons. The first-order valence-corrected chi connectivity index (χ1v) is 9.27. The summed E-state index contributed by atoms with van der Waals surface area (Å²) < 4.78 is 5.12. The Kier molecular flexibility index (Phi) is 6.10. The van der Waals surface area contributed by atoms with E-state index in [9.17, 15) is 9.90 Å². The van der Waals surface area contributed by atoms with Gasteiger partial charge in [-0.3, -0.25) is 4.79 Å². The van der Waals surface area contributed by atoms with E-state index in [4.69, 9.17) is 4.74 Å². The number of benzene rings is 3. The number of ether oxygens (including phenoxy) is 1. The molecule has 0 aromatic heterocycles. The van der Waals surface area contributed by atoms with Gasteiger partial charge in [-0.15, -0.1) is 0 Å². The number of nitrogens with zero attached hydrogens (tertiary/aromatic N) is 1. The van der Waals surface area contributed by atoms with Crippen LogP contribution in [0.3, 0.4) is 0 Å². The van der Waals surface area contributed by atoms with Crippen molar-refractivity contribution in [3.63, 3.8) is 0 Å². The Morgan fingerprint density at radius 3 is 1.83 bits per heavy atom. The van der Waals surface area contributed by atoms with Crippen molar-refractivity contribution in [1.82, 2.24) is 5.43 Å². The number of rotatable bonds is 6. The van der Waals surface area contributed by atoms with E-state index in [0.717, 1.165) is 22.4 Å². The molecule has 0 spiro atoms. The molecule has 3 aromatic carbocycles. The van der Waals surface area contributed by atoms with E-state index >= 15 is 0 Å². The molecule has 1 amide bonds. The number of aliphatic hydroxyl groups is 1. The summed E-state index contributed by atoms with van der Waals surface area (Å²) in [6.07, 6.45) is 1.52. The van der Waals surface area contributed by atoms with Crippen molar-refractivity contribution < 1.29 is 14.6 Å². The lowest BCUT2D eigenvalue weighted by Gasteiger charge is -2.27. The highest BCUT2D eigenvalue weighted by Crippen LogP contribution is 2.30. The third-order valence-electron chi connectivity index (χ3n) is 4.76. The highest BCUT2D eigenvalue weighted by molar-refractivity contribution is 5.91. The smallest absolute Gasteiger partial charge is 0.281 e. The van der Waals surface area contributed by atoms with Crippen LogP contribution < -0.4 is 10.2 Å². The summed E-state index contributed by atoms with van der Waals surface area (Å²) in [6.45, 7) is 3.90. The summed E-state index contributed by atoms with van der Waals surface area (Å²) in [5, 5.41) is 15.5. The zero-order chi connectivity index (χ0) is 20.9. The molecule has 0 atom stereocenters. The molecule has 29 heavy (non-hydrogen) atoms. The van der Waals surface area contributed by atoms with E-state index < -0.39 is 11.5 Å². The molecule has 0 aliphatic rings. The monoisotopic (exact) mass is 388 g/mol. The van der Waals surface area contributed by atoms with E-state index in [2.05, 4.69) is 10.5 Å². The predicted molar refractivity (Wildman–Crippen MR) is 114 cm³/mol. The summed E-state index contributed by atoms with van der Waals surface area (Å²) >= 11 is 0. The quantitative estimate of drug-likeness (QED) is 0.500. The van der Waals surface area contributed by atoms with Crippen LogP contribution in [0.25, 0.3) is 0 Å². The lowest BCUT2D eigenvalue weighted by molar-refractivity contribution is -0.136. The van der Waals surface area contributed by atoms with Gasteiger partial charge in [-0.25, -0.2) is 5.43 Å². The van der Waals surface area contributed by atoms with E-state index in [-0.39, 0.29) is 0 Å². The Morgan fingerprint density at radius 1 is 0.897 bits per heavy atom. The standard InChI is InChI=1S/C24H24N2O3/c1-17-4-10-20(11-5-17)24(28,21-12-6-18(2)7-13-21)23(27)26-25-16-19-8-14-22(29-3)15-9-19/h4-16,28H,1-3H3,(H,26,27)/b25-16-. The molecular weight excluding hydrogens is 364 g/mol. The SMILES string of the molecule is COc1ccc(/C=N\NC(=O)C(O)(c2ccc(C)cc2)c2ccc(C)cc2)cc1. The molecule has 3 aromatic rings. The zero-order valence-electron chi connectivity index (χ0n) is 16.7. The van der Waals surface area contributed by atoms with Gasteiger partial charge in [0.25, 0.3) is 5.91 Å². The van der Waals surface area contributed by atoms with Gasteiger partial charge in [-0.1, -0.05) is 59.7 Å². The molecule has 0 aliphatic heterocycles. The largest absolute Gasteiger partial charge is 0.497 e. The third-order valence-corrected chi connectivity index (χ3v) is 4.76. The van der Waals surface area contributed by atoms with Crippen LogP contribution >= 0.6 is 0 Å². The molecule has 0 unspecified atom stereocenters. The fourth-order valence-corrected chi connectivity index (χ4v) is 2.95. The van der Waals surface area contributed by atoms with Crippen LogP contribution in [-0.4, -0.2) is 24.3 Å². The van der Waals surface area contributed by atoms with Gasteiger partial charge in [0.2, 0.25) is 0 Å². The van der Waals surface area contributed by atoms with E-state index in [1.165, 1.54) is 6.21 Å². The maximum Gasteiger partial charge on any atom is 0.281 e. The van der Waals surface area contributed by atoms with Gasteiger partial charge in [0, 0.05) is 0 Å². The van der Waals surface area contributed by atoms with Crippen molar-refractivity contribution in [1.29, 1.82) is 0 Å². The molecule has 0 bridgehead atoms. The molecule has 0 heterocycles. The second kappa shape index (κ2) is 8.71. The summed E-state index contributed by atoms with van der Waals surface area (Å²) in [6, 6.07) is 21.7. The number of hydrogen-bond donors (Lipinski definition) is 2. The average Bonchev–Trinajstić information content (AvgIpc) is 2.74. The average molecular weight is 388 g/mol. The van der Waals surface area contributed by atoms with Crippen LogP contribution in [0.5, 0.6) is 5.75 Å². The van der Waals surface area contributed by atoms with Gasteiger partial charge >= 0.3 is 0 Å². The van der Waals surface area contributed by atoms with Gasteiger partial charge in [-0.2, -0.15) is 5.10 Å². The Morgan fingerprint density at radius 2 is 1.38 bits per heavy atom. The first-order chi connectivity index (χ1) is 13.9. The number of hydrazone groups is 1. The maximum atomic E-state index is 13.0. The summed E-state index contributed by atoms with van der Waals surface area (Å²) in [7, 11) is 1.60. The highest BCUT2D eigenvalue weighted by Gasteiger charge is 2.40. The number of amides is 1. The van der Waals surface area contributed by atoms with E-state index in [1.54, 1.807) is 43.5 Å². The second-order valence-electron chi connectivity index (χ2n) is 6.91. The van der Waals surface area contributed by atoms with Crippen molar-refractivity contribution in [2.75, 3.05) is 7.11 Å². The minimum atomic E-state index is -1.86. The molecule has 0 saturated heterocycles. The molecule has 0 fully saturated rings. The number of hydrogen-bond acceptors (Lipinski definition) is 4. The maximum absolute atomic E-state index is 13.0. The van der Waals surface area contributed by atoms with Gasteiger partial charge in [-0.05, 0) is 54.8 Å². The first-order valence-electron chi connectivity index (χ1n) is 9.27. The lowest BCUT2D eigenvalue weighted by Crippen LogP contribution is -2.43. The van der Waals surface area contributed by atoms with E-state index in [0.29, 0.717) is 11.1 Å². The van der Waals surface area contributed by atoms with Crippen molar-refractivity contribution in [2.24, 2.45) is 5.10 Å². The molecule has 148 valence electrons. The summed E-state index contributed by atoms with van der Waals surface area (Å²) in [4.78, 5) is 13.0. The van der Waals surface area contributed by atoms with Crippen molar-refractivity contribution in [3.05, 3.63) is 101 Å². The Labute approximate surface area is 170 Å². The molecule has 3 rings (SSSR count). The topological polar surface area (TPSA) is 70.9 Å². The summed E-state index contributed by atoms with van der Waals surface area (Å²) in [5.41, 5.74) is 4.44. The number of nitrogens with one attached hydrogen (secondary N) is 1. The Balaban J connectivity index is 1.88. The molecule has 0 saturated carbocycles. The molecule has 0 aliphatic carbocycles. The van der Waals surface area contributed by atoms with Gasteiger partial charge in [0.05, 0.1) is 13.3 Å².